The van der Waals surface area contributed by atoms with Gasteiger partial charge in [-0.25, -0.2) is 0 Å². The summed E-state index contributed by atoms with van der Waals surface area (Å²) in [4.78, 5) is 0. The van der Waals surface area contributed by atoms with Gasteiger partial charge in [0, 0.05) is 28.8 Å². The molecule has 2 rings (SSSR count). The molecule has 0 spiro atoms. The van der Waals surface area contributed by atoms with Crippen LogP contribution in [0.3, 0.4) is 0 Å². The first-order valence-corrected chi connectivity index (χ1v) is 4.82. The van der Waals surface area contributed by atoms with Gasteiger partial charge in [-0.2, -0.15) is 0 Å². The van der Waals surface area contributed by atoms with Crippen molar-refractivity contribution < 1.29 is 4.52 Å². The van der Waals surface area contributed by atoms with E-state index in [1.807, 2.05) is 12.1 Å². The summed E-state index contributed by atoms with van der Waals surface area (Å²) in [5.74, 6) is 0.546. The Kier molecular flexibility index (Phi) is 2.42. The Bertz CT molecular complexity index is 424. The first-order valence-electron chi connectivity index (χ1n) is 3.91. The Morgan fingerprint density at radius 1 is 1.38 bits per heavy atom. The van der Waals surface area contributed by atoms with Crippen LogP contribution in [0.5, 0.6) is 0 Å². The van der Waals surface area contributed by atoms with Crippen LogP contribution in [-0.4, -0.2) is 11.0 Å². The molecule has 13 heavy (non-hydrogen) atoms. The van der Waals surface area contributed by atoms with E-state index in [0.29, 0.717) is 16.5 Å². The van der Waals surface area contributed by atoms with Crippen LogP contribution in [0.4, 0.5) is 0 Å². The zero-order chi connectivity index (χ0) is 9.26. The smallest absolute Gasteiger partial charge is 0.168 e. The molecule has 0 atom stereocenters. The minimum absolute atomic E-state index is 0.546. The summed E-state index contributed by atoms with van der Waals surface area (Å²) < 4.78 is 5.09. The second-order valence-electron chi connectivity index (χ2n) is 2.71. The van der Waals surface area contributed by atoms with E-state index in [4.69, 9.17) is 27.7 Å². The molecular weight excluding hydrogens is 209 g/mol. The maximum Gasteiger partial charge on any atom is 0.168 e. The highest BCUT2D eigenvalue weighted by molar-refractivity contribution is 6.31. The molecule has 0 N–H and O–H groups in total. The summed E-state index contributed by atoms with van der Waals surface area (Å²) in [5, 5.41) is 5.55. The Hall–Kier alpha value is -0.730. The summed E-state index contributed by atoms with van der Waals surface area (Å²) in [7, 11) is 0. The molecule has 0 aliphatic carbocycles. The van der Waals surface area contributed by atoms with E-state index in [1.54, 1.807) is 6.07 Å². The van der Waals surface area contributed by atoms with Crippen LogP contribution in [0, 0.1) is 0 Å². The van der Waals surface area contributed by atoms with Gasteiger partial charge in [-0.1, -0.05) is 16.8 Å². The van der Waals surface area contributed by atoms with Crippen LogP contribution < -0.4 is 0 Å². The predicted octanol–water partition coefficient (Wildman–Crippen LogP) is 3.26. The zero-order valence-corrected chi connectivity index (χ0v) is 8.27. The summed E-state index contributed by atoms with van der Waals surface area (Å²) in [6.07, 6.45) is 0.718. The highest BCUT2D eigenvalue weighted by Gasteiger charge is 2.06. The van der Waals surface area contributed by atoms with E-state index in [0.717, 1.165) is 17.5 Å². The van der Waals surface area contributed by atoms with Gasteiger partial charge in [0.2, 0.25) is 0 Å². The van der Waals surface area contributed by atoms with Crippen molar-refractivity contribution in [1.82, 2.24) is 5.16 Å². The van der Waals surface area contributed by atoms with E-state index in [9.17, 15) is 0 Å². The van der Waals surface area contributed by atoms with E-state index >= 15 is 0 Å². The van der Waals surface area contributed by atoms with Gasteiger partial charge in [0.05, 0.1) is 5.69 Å². The van der Waals surface area contributed by atoms with Gasteiger partial charge in [0.15, 0.2) is 5.58 Å². The molecule has 2 aromatic rings. The molecule has 4 heteroatoms. The van der Waals surface area contributed by atoms with E-state index in [-0.39, 0.29) is 0 Å². The van der Waals surface area contributed by atoms with Crippen LogP contribution in [0.25, 0.3) is 11.0 Å². The number of fused-ring (bicyclic) bond motifs is 1. The third-order valence-corrected chi connectivity index (χ3v) is 2.26. The van der Waals surface area contributed by atoms with E-state index in [2.05, 4.69) is 5.16 Å². The van der Waals surface area contributed by atoms with Crippen molar-refractivity contribution in [3.05, 3.63) is 28.9 Å². The number of hydrogen-bond acceptors (Lipinski definition) is 2. The average Bonchev–Trinajstić information content (AvgIpc) is 2.49. The second-order valence-corrected chi connectivity index (χ2v) is 3.52. The zero-order valence-electron chi connectivity index (χ0n) is 6.76. The molecule has 0 aliphatic heterocycles. The van der Waals surface area contributed by atoms with Gasteiger partial charge < -0.3 is 4.52 Å². The lowest BCUT2D eigenvalue weighted by molar-refractivity contribution is 0.447. The highest BCUT2D eigenvalue weighted by atomic mass is 35.5. The number of nitrogens with zero attached hydrogens (tertiary/aromatic N) is 1. The minimum Gasteiger partial charge on any atom is -0.356 e. The van der Waals surface area contributed by atoms with Crippen LogP contribution in [0.2, 0.25) is 5.02 Å². The van der Waals surface area contributed by atoms with Gasteiger partial charge in [-0.15, -0.1) is 11.6 Å². The number of benzene rings is 1. The van der Waals surface area contributed by atoms with Crippen molar-refractivity contribution in [3.63, 3.8) is 0 Å². The topological polar surface area (TPSA) is 26.0 Å². The fraction of sp³-hybridized carbons (Fsp3) is 0.222. The molecule has 0 unspecified atom stereocenters. The third kappa shape index (κ3) is 1.64. The standard InChI is InChI=1S/C9H7Cl2NO/c10-4-3-8-7-2-1-6(11)5-9(7)13-12-8/h1-2,5H,3-4H2. The molecule has 0 radical (unpaired) electrons. The molecule has 0 saturated carbocycles. The Labute approximate surface area is 85.4 Å². The molecule has 0 amide bonds. The normalized spacial score (nSPS) is 10.9. The molecule has 1 aromatic heterocycles. The SMILES string of the molecule is ClCCc1noc2cc(Cl)ccc12. The first-order chi connectivity index (χ1) is 6.31. The monoisotopic (exact) mass is 215 g/mol. The summed E-state index contributed by atoms with van der Waals surface area (Å²) in [5.41, 5.74) is 1.61. The van der Waals surface area contributed by atoms with Gasteiger partial charge in [0.1, 0.15) is 0 Å². The first kappa shape index (κ1) is 8.85. The van der Waals surface area contributed by atoms with Gasteiger partial charge in [-0.05, 0) is 12.1 Å². The molecule has 0 saturated heterocycles. The lowest BCUT2D eigenvalue weighted by Crippen LogP contribution is -1.85. The molecule has 1 aromatic carbocycles. The van der Waals surface area contributed by atoms with Crippen molar-refractivity contribution in [2.45, 2.75) is 6.42 Å². The van der Waals surface area contributed by atoms with Crippen LogP contribution in [0.1, 0.15) is 5.69 Å². The van der Waals surface area contributed by atoms with Gasteiger partial charge in [0.25, 0.3) is 0 Å². The number of alkyl halides is 1. The number of aromatic nitrogens is 1. The second kappa shape index (κ2) is 3.56. The van der Waals surface area contributed by atoms with Crippen molar-refractivity contribution in [1.29, 1.82) is 0 Å². The Morgan fingerprint density at radius 3 is 3.00 bits per heavy atom. The quantitative estimate of drug-likeness (QED) is 0.720. The maximum absolute atomic E-state index is 5.79. The number of aryl methyl sites for hydroxylation is 1. The summed E-state index contributed by atoms with van der Waals surface area (Å²) in [6.45, 7) is 0. The molecule has 0 aliphatic rings. The van der Waals surface area contributed by atoms with Gasteiger partial charge in [-0.3, -0.25) is 0 Å². The fourth-order valence-electron chi connectivity index (χ4n) is 1.23. The molecule has 0 fully saturated rings. The molecule has 68 valence electrons. The number of halogens is 2. The van der Waals surface area contributed by atoms with Crippen LogP contribution >= 0.6 is 23.2 Å². The molecule has 0 bridgehead atoms. The number of hydrogen-bond donors (Lipinski definition) is 0. The van der Waals surface area contributed by atoms with Crippen molar-refractivity contribution in [2.24, 2.45) is 0 Å². The van der Waals surface area contributed by atoms with E-state index < -0.39 is 0 Å². The predicted molar refractivity (Wildman–Crippen MR) is 53.4 cm³/mol. The maximum atomic E-state index is 5.79. The van der Waals surface area contributed by atoms with Crippen LogP contribution in [-0.2, 0) is 6.42 Å². The highest BCUT2D eigenvalue weighted by Crippen LogP contribution is 2.22. The van der Waals surface area contributed by atoms with Crippen LogP contribution in [0.15, 0.2) is 22.7 Å². The lowest BCUT2D eigenvalue weighted by Gasteiger charge is -1.90. The third-order valence-electron chi connectivity index (χ3n) is 1.84. The molecule has 2 nitrogen and oxygen atoms in total. The summed E-state index contributed by atoms with van der Waals surface area (Å²) >= 11 is 11.4. The lowest BCUT2D eigenvalue weighted by atomic mass is 10.2. The summed E-state index contributed by atoms with van der Waals surface area (Å²) in [6, 6.07) is 5.47. The fourth-order valence-corrected chi connectivity index (χ4v) is 1.57. The van der Waals surface area contributed by atoms with Gasteiger partial charge >= 0.3 is 0 Å². The Balaban J connectivity index is 2.55. The average molecular weight is 216 g/mol. The molecular formula is C9H7Cl2NO. The number of rotatable bonds is 2. The van der Waals surface area contributed by atoms with E-state index in [1.165, 1.54) is 0 Å². The van der Waals surface area contributed by atoms with Crippen molar-refractivity contribution in [3.8, 4) is 0 Å². The molecule has 1 heterocycles. The van der Waals surface area contributed by atoms with Crippen molar-refractivity contribution in [2.75, 3.05) is 5.88 Å². The van der Waals surface area contributed by atoms with Crippen molar-refractivity contribution >= 4 is 34.2 Å². The largest absolute Gasteiger partial charge is 0.356 e. The minimum atomic E-state index is 0.546. The Morgan fingerprint density at radius 2 is 2.23 bits per heavy atom.